The average Bonchev–Trinajstić information content (AvgIpc) is 3.51. The number of hydrogen-bond donors (Lipinski definition) is 3. The molecule has 4 heterocycles. The van der Waals surface area contributed by atoms with E-state index in [1.807, 2.05) is 30.6 Å². The smallest absolute Gasteiger partial charge is 0.131 e. The first kappa shape index (κ1) is 24.6. The predicted octanol–water partition coefficient (Wildman–Crippen LogP) is 8.34. The highest BCUT2D eigenvalue weighted by Crippen LogP contribution is 2.36. The molecule has 0 saturated carbocycles. The minimum Gasteiger partial charge on any atom is -0.358 e. The molecule has 0 fully saturated rings. The molecule has 0 radical (unpaired) electrons. The van der Waals surface area contributed by atoms with Crippen molar-refractivity contribution >= 4 is 27.5 Å². The molecule has 6 rings (SSSR count). The van der Waals surface area contributed by atoms with Gasteiger partial charge in [-0.25, -0.2) is 4.39 Å². The van der Waals surface area contributed by atoms with Gasteiger partial charge in [-0.1, -0.05) is 51.6 Å². The number of aromatic amines is 2. The summed E-state index contributed by atoms with van der Waals surface area (Å²) in [7, 11) is 0. The summed E-state index contributed by atoms with van der Waals surface area (Å²) in [5, 5.41) is 13.0. The fourth-order valence-corrected chi connectivity index (χ4v) is 5.03. The van der Waals surface area contributed by atoms with Crippen LogP contribution in [0.2, 0.25) is 0 Å². The van der Waals surface area contributed by atoms with Crippen LogP contribution in [-0.2, 0) is 0 Å². The van der Waals surface area contributed by atoms with Crippen LogP contribution in [0.3, 0.4) is 0 Å². The minimum atomic E-state index is -0.281. The van der Waals surface area contributed by atoms with Gasteiger partial charge >= 0.3 is 0 Å². The Kier molecular flexibility index (Phi) is 5.99. The summed E-state index contributed by atoms with van der Waals surface area (Å²) < 4.78 is 14.6. The molecule has 3 N–H and O–H groups in total. The van der Waals surface area contributed by atoms with E-state index in [1.165, 1.54) is 6.07 Å². The van der Waals surface area contributed by atoms with Crippen molar-refractivity contribution < 1.29 is 4.39 Å². The third-order valence-electron chi connectivity index (χ3n) is 6.66. The number of halogens is 1. The molecule has 0 spiro atoms. The molecule has 7 heteroatoms. The Hall–Kier alpha value is -4.78. The maximum Gasteiger partial charge on any atom is 0.131 e. The van der Waals surface area contributed by atoms with Crippen LogP contribution in [-0.4, -0.2) is 25.1 Å². The highest BCUT2D eigenvalue weighted by Gasteiger charge is 2.16. The van der Waals surface area contributed by atoms with Crippen molar-refractivity contribution in [3.05, 3.63) is 97.5 Å². The fraction of sp³-hybridized carbons (Fsp3) is 0.156. The number of pyridine rings is 2. The number of aromatic nitrogens is 5. The fourth-order valence-electron chi connectivity index (χ4n) is 5.03. The van der Waals surface area contributed by atoms with Gasteiger partial charge in [-0.3, -0.25) is 15.1 Å². The minimum absolute atomic E-state index is 0.145. The van der Waals surface area contributed by atoms with Crippen LogP contribution in [0.25, 0.3) is 55.4 Å². The van der Waals surface area contributed by atoms with Crippen LogP contribution in [0.15, 0.2) is 91.7 Å². The molecular formula is C32H29FN6. The third kappa shape index (κ3) is 4.91. The van der Waals surface area contributed by atoms with Crippen molar-refractivity contribution in [2.24, 2.45) is 5.41 Å². The second kappa shape index (κ2) is 9.51. The Balaban J connectivity index is 1.37. The number of nitrogens with zero attached hydrogens (tertiary/aromatic N) is 3. The molecule has 0 unspecified atom stereocenters. The normalized spacial score (nSPS) is 11.8. The first-order valence-corrected chi connectivity index (χ1v) is 12.9. The van der Waals surface area contributed by atoms with Gasteiger partial charge in [0.1, 0.15) is 11.5 Å². The van der Waals surface area contributed by atoms with Gasteiger partial charge < -0.3 is 10.3 Å². The first-order chi connectivity index (χ1) is 18.7. The third-order valence-corrected chi connectivity index (χ3v) is 6.66. The number of rotatable bonds is 6. The summed E-state index contributed by atoms with van der Waals surface area (Å²) >= 11 is 0. The van der Waals surface area contributed by atoms with Crippen molar-refractivity contribution in [2.75, 3.05) is 5.32 Å². The lowest BCUT2D eigenvalue weighted by Gasteiger charge is -2.20. The van der Waals surface area contributed by atoms with E-state index in [0.717, 1.165) is 67.7 Å². The number of fused-ring (bicyclic) bond motifs is 2. The molecule has 39 heavy (non-hydrogen) atoms. The van der Waals surface area contributed by atoms with Gasteiger partial charge in [-0.05, 0) is 47.7 Å². The first-order valence-electron chi connectivity index (χ1n) is 12.9. The zero-order valence-corrected chi connectivity index (χ0v) is 22.1. The van der Waals surface area contributed by atoms with Crippen LogP contribution in [0.1, 0.15) is 27.2 Å². The average molecular weight is 517 g/mol. The van der Waals surface area contributed by atoms with Gasteiger partial charge in [0.05, 0.1) is 34.8 Å². The van der Waals surface area contributed by atoms with Crippen molar-refractivity contribution in [3.63, 3.8) is 0 Å². The molecule has 6 aromatic rings. The van der Waals surface area contributed by atoms with Crippen LogP contribution in [0.5, 0.6) is 0 Å². The van der Waals surface area contributed by atoms with Gasteiger partial charge in [0.25, 0.3) is 0 Å². The lowest BCUT2D eigenvalue weighted by Crippen LogP contribution is -2.10. The second-order valence-electron chi connectivity index (χ2n) is 11.1. The maximum atomic E-state index is 14.6. The molecule has 0 saturated heterocycles. The van der Waals surface area contributed by atoms with Gasteiger partial charge in [-0.2, -0.15) is 5.10 Å². The Morgan fingerprint density at radius 2 is 1.69 bits per heavy atom. The highest BCUT2D eigenvalue weighted by molar-refractivity contribution is 6.01. The monoisotopic (exact) mass is 516 g/mol. The number of hydrogen-bond acceptors (Lipinski definition) is 4. The number of H-pyrrole nitrogens is 2. The van der Waals surface area contributed by atoms with E-state index >= 15 is 0 Å². The lowest BCUT2D eigenvalue weighted by atomic mass is 9.91. The molecule has 2 aromatic carbocycles. The summed E-state index contributed by atoms with van der Waals surface area (Å²) in [4.78, 5) is 12.2. The molecule has 194 valence electrons. The summed E-state index contributed by atoms with van der Waals surface area (Å²) in [6.45, 7) is 10.8. The van der Waals surface area contributed by atoms with Crippen molar-refractivity contribution in [1.82, 2.24) is 25.1 Å². The second-order valence-corrected chi connectivity index (χ2v) is 11.1. The lowest BCUT2D eigenvalue weighted by molar-refractivity contribution is 0.411. The van der Waals surface area contributed by atoms with Crippen LogP contribution >= 0.6 is 0 Å². The molecular weight excluding hydrogens is 487 g/mol. The van der Waals surface area contributed by atoms with Crippen LogP contribution in [0, 0.1) is 11.2 Å². The zero-order valence-electron chi connectivity index (χ0n) is 22.1. The standard InChI is InChI=1S/C32H29FN6/c1-19(14-32(2,3)4)36-22-11-21(15-34-16-22)20-9-10-28-25(12-20)31(39-38-28)29-13-24-26(17-35-18-30(24)37-29)23-7-5-6-8-27(23)33/h5-13,15-18,36-37H,1,14H2,2-4H3,(H,38,39). The van der Waals surface area contributed by atoms with E-state index in [1.54, 1.807) is 24.5 Å². The summed E-state index contributed by atoms with van der Waals surface area (Å²) in [5.41, 5.74) is 8.60. The Labute approximate surface area is 226 Å². The largest absolute Gasteiger partial charge is 0.358 e. The number of anilines is 1. The van der Waals surface area contributed by atoms with E-state index < -0.39 is 0 Å². The molecule has 0 aliphatic rings. The van der Waals surface area contributed by atoms with Crippen LogP contribution < -0.4 is 5.32 Å². The van der Waals surface area contributed by atoms with Crippen LogP contribution in [0.4, 0.5) is 10.1 Å². The van der Waals surface area contributed by atoms with E-state index in [2.05, 4.69) is 76.0 Å². The SMILES string of the molecule is C=C(CC(C)(C)C)Nc1cncc(-c2ccc3[nH]nc(-c4cc5c(-c6ccccc6F)cncc5[nH]4)c3c2)c1. The molecule has 0 atom stereocenters. The maximum absolute atomic E-state index is 14.6. The number of benzene rings is 2. The van der Waals surface area contributed by atoms with Crippen molar-refractivity contribution in [3.8, 4) is 33.6 Å². The molecule has 0 bridgehead atoms. The molecule has 0 aliphatic carbocycles. The number of allylic oxidation sites excluding steroid dienone is 1. The number of nitrogens with one attached hydrogen (secondary N) is 3. The van der Waals surface area contributed by atoms with E-state index in [9.17, 15) is 4.39 Å². The Bertz CT molecular complexity index is 1840. The van der Waals surface area contributed by atoms with E-state index in [0.29, 0.717) is 5.56 Å². The highest BCUT2D eigenvalue weighted by atomic mass is 19.1. The van der Waals surface area contributed by atoms with E-state index in [4.69, 9.17) is 0 Å². The zero-order chi connectivity index (χ0) is 27.1. The quantitative estimate of drug-likeness (QED) is 0.208. The van der Waals surface area contributed by atoms with Gasteiger partial charge in [0.2, 0.25) is 0 Å². The van der Waals surface area contributed by atoms with Crippen molar-refractivity contribution in [2.45, 2.75) is 27.2 Å². The molecule has 0 amide bonds. The predicted molar refractivity (Wildman–Crippen MR) is 157 cm³/mol. The Morgan fingerprint density at radius 3 is 2.51 bits per heavy atom. The van der Waals surface area contributed by atoms with Gasteiger partial charge in [0, 0.05) is 45.6 Å². The molecule has 4 aromatic heterocycles. The summed E-state index contributed by atoms with van der Waals surface area (Å²) in [6, 6.07) is 17.0. The van der Waals surface area contributed by atoms with E-state index in [-0.39, 0.29) is 11.2 Å². The molecule has 0 aliphatic heterocycles. The summed E-state index contributed by atoms with van der Waals surface area (Å²) in [5.74, 6) is -0.281. The Morgan fingerprint density at radius 1 is 0.872 bits per heavy atom. The van der Waals surface area contributed by atoms with Gasteiger partial charge in [0.15, 0.2) is 0 Å². The topological polar surface area (TPSA) is 82.3 Å². The molecule has 6 nitrogen and oxygen atoms in total. The van der Waals surface area contributed by atoms with Gasteiger partial charge in [-0.15, -0.1) is 0 Å². The summed E-state index contributed by atoms with van der Waals surface area (Å²) in [6.07, 6.45) is 7.98. The van der Waals surface area contributed by atoms with Crippen molar-refractivity contribution in [1.29, 1.82) is 0 Å².